The maximum atomic E-state index is 15.4. The van der Waals surface area contributed by atoms with E-state index < -0.39 is 9.84 Å². The molecule has 0 unspecified atom stereocenters. The first-order chi connectivity index (χ1) is 28.9. The van der Waals surface area contributed by atoms with E-state index >= 15 is 8.42 Å². The lowest BCUT2D eigenvalue weighted by Crippen LogP contribution is -2.09. The third-order valence-corrected chi connectivity index (χ3v) is 11.9. The van der Waals surface area contributed by atoms with Gasteiger partial charge in [-0.25, -0.2) is 8.42 Å². The molecule has 59 heavy (non-hydrogen) atoms. The molecule has 4 aromatic heterocycles. The molecule has 6 aromatic carbocycles. The lowest BCUT2D eigenvalue weighted by molar-refractivity contribution is 0.202. The van der Waals surface area contributed by atoms with E-state index in [-0.39, 0.29) is 47.7 Å². The molecular weight excluding hydrogens is 769 g/mol. The van der Waals surface area contributed by atoms with Crippen molar-refractivity contribution >= 4 is 53.7 Å². The van der Waals surface area contributed by atoms with Crippen LogP contribution >= 0.6 is 0 Å². The minimum absolute atomic E-state index is 0.0798. The van der Waals surface area contributed by atoms with Crippen LogP contribution in [0.2, 0.25) is 0 Å². The molecule has 0 aliphatic carbocycles. The molecule has 0 fully saturated rings. The van der Waals surface area contributed by atoms with Crippen LogP contribution in [0.4, 0.5) is 0 Å². The molecule has 0 saturated heterocycles. The minimum Gasteiger partial charge on any atom is -0.490 e. The highest BCUT2D eigenvalue weighted by molar-refractivity contribution is 7.91. The summed E-state index contributed by atoms with van der Waals surface area (Å²) in [5.74, 6) is 1.96. The van der Waals surface area contributed by atoms with Gasteiger partial charge in [-0.15, -0.1) is 0 Å². The molecule has 0 amide bonds. The Hall–Kier alpha value is -7.05. The van der Waals surface area contributed by atoms with Crippen LogP contribution in [0.25, 0.3) is 89.2 Å². The molecular formula is C48H34O10S. The van der Waals surface area contributed by atoms with Crippen molar-refractivity contribution in [1.29, 1.82) is 0 Å². The lowest BCUT2D eigenvalue weighted by Gasteiger charge is -2.18. The smallest absolute Gasteiger partial charge is 0.206 e. The van der Waals surface area contributed by atoms with Crippen molar-refractivity contribution in [2.75, 3.05) is 26.4 Å². The minimum atomic E-state index is -4.43. The van der Waals surface area contributed by atoms with E-state index in [1.54, 1.807) is 0 Å². The van der Waals surface area contributed by atoms with E-state index in [0.29, 0.717) is 67.6 Å². The van der Waals surface area contributed by atoms with E-state index in [0.717, 1.165) is 21.5 Å². The van der Waals surface area contributed by atoms with Crippen LogP contribution in [-0.4, -0.2) is 45.1 Å². The highest BCUT2D eigenvalue weighted by Crippen LogP contribution is 2.48. The highest BCUT2D eigenvalue weighted by Gasteiger charge is 2.30. The Morgan fingerprint density at radius 1 is 0.407 bits per heavy atom. The van der Waals surface area contributed by atoms with Crippen molar-refractivity contribution in [3.8, 4) is 56.8 Å². The van der Waals surface area contributed by atoms with Gasteiger partial charge < -0.3 is 37.4 Å². The van der Waals surface area contributed by atoms with E-state index in [1.807, 2.05) is 121 Å². The number of rotatable bonds is 12. The molecule has 0 aliphatic heterocycles. The highest BCUT2D eigenvalue weighted by atomic mass is 32.2. The molecule has 4 heterocycles. The average molecular weight is 803 g/mol. The van der Waals surface area contributed by atoms with Gasteiger partial charge >= 0.3 is 0 Å². The number of furan rings is 4. The van der Waals surface area contributed by atoms with Crippen LogP contribution in [-0.2, 0) is 9.84 Å². The molecule has 10 aromatic rings. The van der Waals surface area contributed by atoms with Gasteiger partial charge in [-0.05, 0) is 72.8 Å². The number of hydrogen-bond donors (Lipinski definition) is 2. The fourth-order valence-electron chi connectivity index (χ4n) is 7.45. The third-order valence-electron chi connectivity index (χ3n) is 10.2. The zero-order valence-electron chi connectivity index (χ0n) is 31.3. The van der Waals surface area contributed by atoms with Gasteiger partial charge in [-0.3, -0.25) is 0 Å². The fourth-order valence-corrected chi connectivity index (χ4v) is 8.81. The first-order valence-electron chi connectivity index (χ1n) is 18.9. The van der Waals surface area contributed by atoms with Crippen molar-refractivity contribution in [2.24, 2.45) is 0 Å². The molecule has 292 valence electrons. The second-order valence-corrected chi connectivity index (χ2v) is 15.9. The number of sulfone groups is 1. The summed E-state index contributed by atoms with van der Waals surface area (Å²) in [4.78, 5) is -0.176. The van der Waals surface area contributed by atoms with Crippen molar-refractivity contribution in [3.05, 3.63) is 146 Å². The van der Waals surface area contributed by atoms with Crippen molar-refractivity contribution < 1.29 is 45.8 Å². The van der Waals surface area contributed by atoms with Crippen LogP contribution in [0.15, 0.2) is 173 Å². The number of para-hydroxylation sites is 4. The Morgan fingerprint density at radius 3 is 0.932 bits per heavy atom. The second kappa shape index (κ2) is 14.7. The lowest BCUT2D eigenvalue weighted by atomic mass is 10.0. The first kappa shape index (κ1) is 36.3. The normalized spacial score (nSPS) is 12.0. The number of ether oxygens (including phenoxy) is 2. The van der Waals surface area contributed by atoms with Gasteiger partial charge in [0.25, 0.3) is 0 Å². The molecule has 0 spiro atoms. The van der Waals surface area contributed by atoms with E-state index in [1.165, 1.54) is 24.3 Å². The maximum Gasteiger partial charge on any atom is 0.206 e. The Labute approximate surface area is 337 Å². The predicted octanol–water partition coefficient (Wildman–Crippen LogP) is 10.9. The van der Waals surface area contributed by atoms with E-state index in [9.17, 15) is 10.2 Å². The summed E-state index contributed by atoms with van der Waals surface area (Å²) in [5.41, 5.74) is 3.73. The summed E-state index contributed by atoms with van der Waals surface area (Å²) in [6.07, 6.45) is 0. The number of fused-ring (bicyclic) bond motifs is 4. The van der Waals surface area contributed by atoms with Crippen LogP contribution in [0.1, 0.15) is 0 Å². The molecule has 0 bridgehead atoms. The molecule has 2 N–H and O–H groups in total. The summed E-state index contributed by atoms with van der Waals surface area (Å²) in [6.45, 7) is -0.745. The van der Waals surface area contributed by atoms with E-state index in [2.05, 4.69) is 0 Å². The summed E-state index contributed by atoms with van der Waals surface area (Å²) in [6, 6.07) is 43.2. The van der Waals surface area contributed by atoms with Crippen molar-refractivity contribution in [1.82, 2.24) is 0 Å². The number of hydrogen-bond acceptors (Lipinski definition) is 10. The molecule has 0 saturated carbocycles. The third kappa shape index (κ3) is 6.51. The largest absolute Gasteiger partial charge is 0.490 e. The SMILES string of the molecule is O=S(=O)(c1cc(-c2cc3ccccc3o2)c(OCCO)c(-c2cc3ccccc3o2)c1)c1cc(-c2cc3ccccc3o2)c(OCCO)c(-c2cc3ccccc3o2)c1. The summed E-state index contributed by atoms with van der Waals surface area (Å²) < 4.78 is 68.6. The summed E-state index contributed by atoms with van der Waals surface area (Å²) in [5, 5.41) is 23.0. The van der Waals surface area contributed by atoms with Crippen LogP contribution in [0, 0.1) is 0 Å². The quantitative estimate of drug-likeness (QED) is 0.122. The van der Waals surface area contributed by atoms with Gasteiger partial charge in [0, 0.05) is 21.5 Å². The molecule has 0 aliphatic rings. The monoisotopic (exact) mass is 802 g/mol. The maximum absolute atomic E-state index is 15.4. The second-order valence-electron chi connectivity index (χ2n) is 13.9. The van der Waals surface area contributed by atoms with Gasteiger partial charge in [0.2, 0.25) is 9.84 Å². The van der Waals surface area contributed by atoms with Gasteiger partial charge in [0.15, 0.2) is 0 Å². The molecule has 0 atom stereocenters. The van der Waals surface area contributed by atoms with Gasteiger partial charge in [-0.1, -0.05) is 72.8 Å². The Bertz CT molecular complexity index is 2750. The van der Waals surface area contributed by atoms with Crippen LogP contribution < -0.4 is 9.47 Å². The summed E-state index contributed by atoms with van der Waals surface area (Å²) in [7, 11) is -4.43. The van der Waals surface area contributed by atoms with E-state index in [4.69, 9.17) is 27.1 Å². The molecule has 10 nitrogen and oxygen atoms in total. The zero-order valence-corrected chi connectivity index (χ0v) is 32.1. The Kier molecular flexibility index (Phi) is 9.05. The van der Waals surface area contributed by atoms with Crippen LogP contribution in [0.5, 0.6) is 11.5 Å². The van der Waals surface area contributed by atoms with Crippen LogP contribution in [0.3, 0.4) is 0 Å². The number of aliphatic hydroxyl groups is 2. The van der Waals surface area contributed by atoms with Gasteiger partial charge in [0.1, 0.15) is 70.1 Å². The Morgan fingerprint density at radius 2 is 0.678 bits per heavy atom. The zero-order chi connectivity index (χ0) is 40.1. The van der Waals surface area contributed by atoms with Crippen molar-refractivity contribution in [2.45, 2.75) is 9.79 Å². The molecule has 11 heteroatoms. The van der Waals surface area contributed by atoms with Gasteiger partial charge in [-0.2, -0.15) is 0 Å². The molecule has 10 rings (SSSR count). The summed E-state index contributed by atoms with van der Waals surface area (Å²) >= 11 is 0. The number of benzene rings is 6. The predicted molar refractivity (Wildman–Crippen MR) is 224 cm³/mol. The number of aliphatic hydroxyl groups excluding tert-OH is 2. The Balaban J connectivity index is 1.25. The first-order valence-corrected chi connectivity index (χ1v) is 20.4. The molecule has 0 radical (unpaired) electrons. The topological polar surface area (TPSA) is 146 Å². The van der Waals surface area contributed by atoms with Gasteiger partial charge in [0.05, 0.1) is 45.3 Å². The average Bonchev–Trinajstić information content (AvgIpc) is 4.08. The fraction of sp³-hybridized carbons (Fsp3) is 0.0833. The standard InChI is InChI=1S/C48H34O10S/c49-17-19-53-47-35(43-21-29-9-1-5-13-39(29)55-43)25-33(26-36(47)44-22-30-10-2-6-14-40(30)56-44)59(51,52)34-27-37(45-23-31-11-3-7-15-41(31)57-45)48(54-20-18-50)38(28-34)46-24-32-12-4-8-16-42(32)58-46/h1-16,21-28,49-50H,17-20H2. The van der Waals surface area contributed by atoms with Crippen molar-refractivity contribution in [3.63, 3.8) is 0 Å².